The molecule has 0 aromatic heterocycles. The summed E-state index contributed by atoms with van der Waals surface area (Å²) >= 11 is 0. The lowest BCUT2D eigenvalue weighted by molar-refractivity contribution is -0.125. The monoisotopic (exact) mass is 185 g/mol. The first-order valence-electron chi connectivity index (χ1n) is 4.74. The van der Waals surface area contributed by atoms with Crippen molar-refractivity contribution in [2.75, 3.05) is 13.6 Å². The maximum Gasteiger partial charge on any atom is 0.245 e. The number of hydrogen-bond donors (Lipinski definition) is 0. The molecule has 0 N–H and O–H groups in total. The minimum atomic E-state index is -0.0140. The van der Waals surface area contributed by atoms with Gasteiger partial charge < -0.3 is 4.90 Å². The highest BCUT2D eigenvalue weighted by molar-refractivity contribution is 5.86. The summed E-state index contributed by atoms with van der Waals surface area (Å²) in [5.74, 6) is -0.0140. The number of nitrogens with zero attached hydrogens (tertiary/aromatic N) is 1. The number of carbonyl (C=O) groups is 1. The van der Waals surface area contributed by atoms with Crippen LogP contribution in [0, 0.1) is 5.41 Å². The minimum Gasteiger partial charge on any atom is -0.342 e. The second-order valence-electron chi connectivity index (χ2n) is 3.96. The van der Waals surface area contributed by atoms with E-state index in [4.69, 9.17) is 0 Å². The molecule has 0 aromatic rings. The number of amides is 1. The van der Waals surface area contributed by atoms with Gasteiger partial charge in [0.15, 0.2) is 0 Å². The molecule has 78 valence electrons. The van der Waals surface area contributed by atoms with Gasteiger partial charge in [0.25, 0.3) is 0 Å². The molecule has 0 aromatic carbocycles. The van der Waals surface area contributed by atoms with Gasteiger partial charge in [0, 0.05) is 13.6 Å². The second-order valence-corrected chi connectivity index (χ2v) is 3.96. The topological polar surface area (TPSA) is 20.3 Å². The summed E-state index contributed by atoms with van der Waals surface area (Å²) in [5, 5.41) is 0. The molecule has 0 fully saturated rings. The molecule has 0 aliphatic rings. The van der Waals surface area contributed by atoms with Gasteiger partial charge in [-0.1, -0.05) is 41.2 Å². The van der Waals surface area contributed by atoms with Gasteiger partial charge in [-0.2, -0.15) is 0 Å². The van der Waals surface area contributed by atoms with Gasteiger partial charge >= 0.3 is 0 Å². The highest BCUT2D eigenvalue weighted by atomic mass is 16.2. The average molecular weight is 185 g/mol. The van der Waals surface area contributed by atoms with Crippen molar-refractivity contribution in [1.82, 2.24) is 4.90 Å². The molecule has 0 saturated carbocycles. The molecule has 0 bridgehead atoms. The zero-order valence-electron chi connectivity index (χ0n) is 9.85. The number of likely N-dealkylation sites (N-methyl/N-ethyl adjacent to an activating group) is 1. The molecule has 0 aliphatic heterocycles. The molecule has 2 nitrogen and oxygen atoms in total. The summed E-state index contributed by atoms with van der Waals surface area (Å²) in [6.07, 6.45) is 1.34. The maximum atomic E-state index is 11.0. The van der Waals surface area contributed by atoms with Crippen LogP contribution in [0.4, 0.5) is 0 Å². The first kappa shape index (κ1) is 14.7. The van der Waals surface area contributed by atoms with Gasteiger partial charge in [-0.05, 0) is 11.5 Å². The van der Waals surface area contributed by atoms with E-state index in [1.54, 1.807) is 11.9 Å². The Bertz CT molecular complexity index is 156. The van der Waals surface area contributed by atoms with E-state index < -0.39 is 0 Å². The van der Waals surface area contributed by atoms with Crippen LogP contribution in [-0.2, 0) is 4.79 Å². The van der Waals surface area contributed by atoms with Crippen LogP contribution in [-0.4, -0.2) is 24.4 Å². The zero-order chi connectivity index (χ0) is 11.1. The molecule has 0 rings (SSSR count). The van der Waals surface area contributed by atoms with Gasteiger partial charge in [-0.3, -0.25) is 4.79 Å². The molecule has 1 amide bonds. The lowest BCUT2D eigenvalue weighted by Crippen LogP contribution is -2.33. The summed E-state index contributed by atoms with van der Waals surface area (Å²) in [7, 11) is 1.79. The highest BCUT2D eigenvalue weighted by Crippen LogP contribution is 2.13. The van der Waals surface area contributed by atoms with Crippen LogP contribution in [0.3, 0.4) is 0 Å². The van der Waals surface area contributed by atoms with Crippen molar-refractivity contribution in [2.24, 2.45) is 5.41 Å². The van der Waals surface area contributed by atoms with E-state index in [2.05, 4.69) is 27.4 Å². The number of rotatable bonds is 2. The van der Waals surface area contributed by atoms with E-state index in [9.17, 15) is 4.79 Å². The van der Waals surface area contributed by atoms with Crippen LogP contribution in [0.5, 0.6) is 0 Å². The van der Waals surface area contributed by atoms with Gasteiger partial charge in [0.2, 0.25) is 5.91 Å². The summed E-state index contributed by atoms with van der Waals surface area (Å²) in [6.45, 7) is 14.5. The third kappa shape index (κ3) is 9.12. The van der Waals surface area contributed by atoms with Crippen molar-refractivity contribution in [2.45, 2.75) is 34.6 Å². The fourth-order valence-corrected chi connectivity index (χ4v) is 0.945. The van der Waals surface area contributed by atoms with E-state index in [-0.39, 0.29) is 11.3 Å². The van der Waals surface area contributed by atoms with Crippen molar-refractivity contribution >= 4 is 5.91 Å². The lowest BCUT2D eigenvalue weighted by atomic mass is 9.96. The Kier molecular flexibility index (Phi) is 7.58. The van der Waals surface area contributed by atoms with E-state index in [0.717, 1.165) is 6.54 Å². The molecule has 0 spiro atoms. The van der Waals surface area contributed by atoms with Crippen molar-refractivity contribution < 1.29 is 4.79 Å². The molecule has 0 heterocycles. The van der Waals surface area contributed by atoms with E-state index >= 15 is 0 Å². The number of hydrogen-bond acceptors (Lipinski definition) is 1. The smallest absolute Gasteiger partial charge is 0.245 e. The molecule has 0 unspecified atom stereocenters. The fourth-order valence-electron chi connectivity index (χ4n) is 0.945. The predicted molar refractivity (Wildman–Crippen MR) is 58.6 cm³/mol. The molecule has 0 atom stereocenters. The molecule has 13 heavy (non-hydrogen) atoms. The molecule has 0 radical (unpaired) electrons. The van der Waals surface area contributed by atoms with E-state index in [0.29, 0.717) is 0 Å². The summed E-state index contributed by atoms with van der Waals surface area (Å²) in [6, 6.07) is 0. The normalized spacial score (nSPS) is 9.69. The second kappa shape index (κ2) is 6.70. The largest absolute Gasteiger partial charge is 0.342 e. The maximum absolute atomic E-state index is 11.0. The third-order valence-electron chi connectivity index (χ3n) is 1.26. The van der Waals surface area contributed by atoms with Gasteiger partial charge in [0.1, 0.15) is 0 Å². The summed E-state index contributed by atoms with van der Waals surface area (Å²) < 4.78 is 0. The fraction of sp³-hybridized carbons (Fsp3) is 0.727. The van der Waals surface area contributed by atoms with Gasteiger partial charge in [0.05, 0.1) is 0 Å². The lowest BCUT2D eigenvalue weighted by Gasteiger charge is -2.25. The van der Waals surface area contributed by atoms with Crippen LogP contribution < -0.4 is 0 Å². The Balaban J connectivity index is 0. The standard InChI is InChI=1S/C9H17NO.C2H6/c1-6-8(11)10(5)7-9(2,3)4;1-2/h6H,1,7H2,2-5H3;1-2H3. The van der Waals surface area contributed by atoms with Crippen molar-refractivity contribution in [3.05, 3.63) is 12.7 Å². The third-order valence-corrected chi connectivity index (χ3v) is 1.26. The highest BCUT2D eigenvalue weighted by Gasteiger charge is 2.15. The van der Waals surface area contributed by atoms with Crippen molar-refractivity contribution in [1.29, 1.82) is 0 Å². The molecule has 0 saturated heterocycles. The Hall–Kier alpha value is -0.790. The first-order chi connectivity index (χ1) is 5.87. The summed E-state index contributed by atoms with van der Waals surface area (Å²) in [5.41, 5.74) is 0.160. The number of carbonyl (C=O) groups excluding carboxylic acids is 1. The predicted octanol–water partition coefficient (Wildman–Crippen LogP) is 2.70. The average Bonchev–Trinajstić information content (AvgIpc) is 2.03. The molecular weight excluding hydrogens is 162 g/mol. The van der Waals surface area contributed by atoms with Crippen LogP contribution in [0.1, 0.15) is 34.6 Å². The van der Waals surface area contributed by atoms with Crippen LogP contribution in [0.2, 0.25) is 0 Å². The first-order valence-corrected chi connectivity index (χ1v) is 4.74. The SMILES string of the molecule is C=CC(=O)N(C)CC(C)(C)C.CC. The molecule has 2 heteroatoms. The van der Waals surface area contributed by atoms with Crippen LogP contribution >= 0.6 is 0 Å². The molecular formula is C11H23NO. The Labute approximate surface area is 82.6 Å². The van der Waals surface area contributed by atoms with E-state index in [1.807, 2.05) is 13.8 Å². The Morgan fingerprint density at radius 1 is 1.38 bits per heavy atom. The van der Waals surface area contributed by atoms with Crippen molar-refractivity contribution in [3.63, 3.8) is 0 Å². The minimum absolute atomic E-state index is 0.0140. The quantitative estimate of drug-likeness (QED) is 0.606. The summed E-state index contributed by atoms with van der Waals surface area (Å²) in [4.78, 5) is 12.7. The van der Waals surface area contributed by atoms with Gasteiger partial charge in [-0.15, -0.1) is 0 Å². The van der Waals surface area contributed by atoms with Gasteiger partial charge in [-0.25, -0.2) is 0 Å². The van der Waals surface area contributed by atoms with Crippen LogP contribution in [0.15, 0.2) is 12.7 Å². The van der Waals surface area contributed by atoms with Crippen LogP contribution in [0.25, 0.3) is 0 Å². The van der Waals surface area contributed by atoms with Crippen molar-refractivity contribution in [3.8, 4) is 0 Å². The Morgan fingerprint density at radius 3 is 2.00 bits per heavy atom. The zero-order valence-corrected chi connectivity index (χ0v) is 9.85. The Morgan fingerprint density at radius 2 is 1.77 bits per heavy atom. The molecule has 0 aliphatic carbocycles. The van der Waals surface area contributed by atoms with E-state index in [1.165, 1.54) is 6.08 Å².